The molecule has 3 aromatic rings. The highest BCUT2D eigenvalue weighted by atomic mass is 16.5. The highest BCUT2D eigenvalue weighted by Crippen LogP contribution is 2.27. The molecule has 3 heterocycles. The Morgan fingerprint density at radius 1 is 1.17 bits per heavy atom. The number of aryl methyl sites for hydroxylation is 1. The van der Waals surface area contributed by atoms with Crippen molar-refractivity contribution in [1.29, 1.82) is 0 Å². The van der Waals surface area contributed by atoms with Crippen LogP contribution >= 0.6 is 0 Å². The van der Waals surface area contributed by atoms with E-state index in [1.165, 1.54) is 0 Å². The first-order chi connectivity index (χ1) is 11.1. The molecule has 2 atom stereocenters. The Hall–Kier alpha value is -2.25. The molecule has 0 radical (unpaired) electrons. The third-order valence-electron chi connectivity index (χ3n) is 4.13. The lowest BCUT2D eigenvalue weighted by Gasteiger charge is -2.32. The molecule has 0 saturated carbocycles. The van der Waals surface area contributed by atoms with E-state index in [9.17, 15) is 0 Å². The van der Waals surface area contributed by atoms with E-state index < -0.39 is 0 Å². The lowest BCUT2D eigenvalue weighted by atomic mass is 10.2. The van der Waals surface area contributed by atoms with Crippen molar-refractivity contribution < 1.29 is 9.15 Å². The highest BCUT2D eigenvalue weighted by molar-refractivity contribution is 5.80. The van der Waals surface area contributed by atoms with Crippen LogP contribution < -0.4 is 0 Å². The van der Waals surface area contributed by atoms with Crippen LogP contribution in [0.15, 0.2) is 28.9 Å². The van der Waals surface area contributed by atoms with Gasteiger partial charge in [-0.25, -0.2) is 4.98 Å². The van der Waals surface area contributed by atoms with Gasteiger partial charge in [0.2, 0.25) is 11.8 Å². The molecule has 1 aliphatic heterocycles. The van der Waals surface area contributed by atoms with E-state index >= 15 is 0 Å². The van der Waals surface area contributed by atoms with Crippen molar-refractivity contribution in [3.8, 4) is 11.5 Å². The van der Waals surface area contributed by atoms with Gasteiger partial charge in [-0.05, 0) is 32.2 Å². The smallest absolute Gasteiger partial charge is 0.247 e. The number of ether oxygens (including phenoxy) is 1. The summed E-state index contributed by atoms with van der Waals surface area (Å²) in [5.41, 5.74) is 2.85. The molecular formula is C16H19N5O2. The lowest BCUT2D eigenvalue weighted by Crippen LogP contribution is -2.40. The van der Waals surface area contributed by atoms with Crippen LogP contribution in [0.1, 0.15) is 18.9 Å². The minimum absolute atomic E-state index is 0.152. The maximum Gasteiger partial charge on any atom is 0.247 e. The van der Waals surface area contributed by atoms with Crippen molar-refractivity contribution in [3.05, 3.63) is 30.4 Å². The van der Waals surface area contributed by atoms with Crippen LogP contribution in [0, 0.1) is 0 Å². The van der Waals surface area contributed by atoms with Crippen molar-refractivity contribution in [3.63, 3.8) is 0 Å². The number of imidazole rings is 1. The Bertz CT molecular complexity index is 830. The maximum atomic E-state index is 5.91. The summed E-state index contributed by atoms with van der Waals surface area (Å²) in [4.78, 5) is 6.57. The Balaban J connectivity index is 1.63. The fourth-order valence-electron chi connectivity index (χ4n) is 3.05. The summed E-state index contributed by atoms with van der Waals surface area (Å²) < 4.78 is 13.7. The summed E-state index contributed by atoms with van der Waals surface area (Å²) in [7, 11) is 4.04. The first-order valence-corrected chi connectivity index (χ1v) is 7.69. The summed E-state index contributed by atoms with van der Waals surface area (Å²) in [5, 5.41) is 8.35. The van der Waals surface area contributed by atoms with E-state index in [4.69, 9.17) is 9.15 Å². The number of fused-ring (bicyclic) bond motifs is 1. The fraction of sp³-hybridized carbons (Fsp3) is 0.438. The fourth-order valence-corrected chi connectivity index (χ4v) is 3.05. The van der Waals surface area contributed by atoms with Gasteiger partial charge in [0.15, 0.2) is 0 Å². The number of likely N-dealkylation sites (N-methyl/N-ethyl adjacent to an activating group) is 1. The molecule has 7 heteroatoms. The molecule has 23 heavy (non-hydrogen) atoms. The molecule has 0 aliphatic carbocycles. The molecule has 120 valence electrons. The molecule has 0 bridgehead atoms. The molecule has 7 nitrogen and oxygen atoms in total. The first-order valence-electron chi connectivity index (χ1n) is 7.69. The van der Waals surface area contributed by atoms with Crippen molar-refractivity contribution >= 4 is 11.0 Å². The second-order valence-electron chi connectivity index (χ2n) is 6.16. The normalized spacial score (nSPS) is 22.7. The van der Waals surface area contributed by atoms with Gasteiger partial charge in [0, 0.05) is 25.7 Å². The molecule has 1 fully saturated rings. The monoisotopic (exact) mass is 313 g/mol. The average Bonchev–Trinajstić information content (AvgIpc) is 3.14. The highest BCUT2D eigenvalue weighted by Gasteiger charge is 2.28. The van der Waals surface area contributed by atoms with Gasteiger partial charge in [-0.3, -0.25) is 0 Å². The zero-order chi connectivity index (χ0) is 16.0. The van der Waals surface area contributed by atoms with Gasteiger partial charge in [0.05, 0.1) is 23.5 Å². The topological polar surface area (TPSA) is 69.2 Å². The van der Waals surface area contributed by atoms with Gasteiger partial charge in [0.25, 0.3) is 0 Å². The number of rotatable bonds is 2. The minimum atomic E-state index is -0.177. The van der Waals surface area contributed by atoms with Gasteiger partial charge in [-0.2, -0.15) is 0 Å². The Labute approximate surface area is 133 Å². The van der Waals surface area contributed by atoms with E-state index in [0.717, 1.165) is 29.7 Å². The second-order valence-corrected chi connectivity index (χ2v) is 6.16. The molecule has 0 amide bonds. The van der Waals surface area contributed by atoms with Crippen molar-refractivity contribution in [2.24, 2.45) is 7.05 Å². The number of nitrogens with zero attached hydrogens (tertiary/aromatic N) is 5. The van der Waals surface area contributed by atoms with Crippen molar-refractivity contribution in [2.75, 3.05) is 20.1 Å². The standard InChI is InChI=1S/C16H19N5O2/c1-10-7-20(2)8-14(22-10)16-19-18-15(23-16)11-4-5-13-12(6-11)17-9-21(13)3/h4-6,9-10,14H,7-8H2,1-3H3/t10-,14-/m1/s1. The second kappa shape index (κ2) is 5.43. The average molecular weight is 313 g/mol. The molecular weight excluding hydrogens is 294 g/mol. The zero-order valence-electron chi connectivity index (χ0n) is 13.4. The Morgan fingerprint density at radius 3 is 2.87 bits per heavy atom. The van der Waals surface area contributed by atoms with Gasteiger partial charge in [0.1, 0.15) is 6.10 Å². The largest absolute Gasteiger partial charge is 0.418 e. The van der Waals surface area contributed by atoms with Gasteiger partial charge in [-0.15, -0.1) is 10.2 Å². The van der Waals surface area contributed by atoms with Crippen LogP contribution in [-0.4, -0.2) is 50.9 Å². The third kappa shape index (κ3) is 2.62. The number of hydrogen-bond donors (Lipinski definition) is 0. The Kier molecular flexibility index (Phi) is 3.39. The van der Waals surface area contributed by atoms with Gasteiger partial charge < -0.3 is 18.6 Å². The molecule has 0 unspecified atom stereocenters. The van der Waals surface area contributed by atoms with Gasteiger partial charge in [-0.1, -0.05) is 0 Å². The molecule has 1 aliphatic rings. The predicted octanol–water partition coefficient (Wildman–Crippen LogP) is 2.01. The van der Waals surface area contributed by atoms with Crippen LogP contribution in [0.5, 0.6) is 0 Å². The molecule has 1 aromatic carbocycles. The van der Waals surface area contributed by atoms with E-state index in [0.29, 0.717) is 11.8 Å². The summed E-state index contributed by atoms with van der Waals surface area (Å²) in [6.45, 7) is 3.72. The van der Waals surface area contributed by atoms with Crippen LogP contribution in [0.3, 0.4) is 0 Å². The van der Waals surface area contributed by atoms with E-state index in [1.54, 1.807) is 6.33 Å². The Morgan fingerprint density at radius 2 is 2.04 bits per heavy atom. The van der Waals surface area contributed by atoms with E-state index in [2.05, 4.69) is 34.1 Å². The number of hydrogen-bond acceptors (Lipinski definition) is 6. The van der Waals surface area contributed by atoms with Crippen LogP contribution in [-0.2, 0) is 11.8 Å². The third-order valence-corrected chi connectivity index (χ3v) is 4.13. The maximum absolute atomic E-state index is 5.91. The first kappa shape index (κ1) is 14.3. The number of morpholine rings is 1. The SMILES string of the molecule is C[C@@H]1CN(C)C[C@H](c2nnc(-c3ccc4c(c3)ncn4C)o2)O1. The molecule has 4 rings (SSSR count). The quantitative estimate of drug-likeness (QED) is 0.721. The van der Waals surface area contributed by atoms with E-state index in [-0.39, 0.29) is 12.2 Å². The summed E-state index contributed by atoms with van der Waals surface area (Å²) in [5.74, 6) is 1.02. The van der Waals surface area contributed by atoms with E-state index in [1.807, 2.05) is 29.8 Å². The number of aromatic nitrogens is 4. The lowest BCUT2D eigenvalue weighted by molar-refractivity contribution is -0.0821. The molecule has 0 N–H and O–H groups in total. The molecule has 0 spiro atoms. The molecule has 1 saturated heterocycles. The predicted molar refractivity (Wildman–Crippen MR) is 84.8 cm³/mol. The van der Waals surface area contributed by atoms with Crippen LogP contribution in [0.4, 0.5) is 0 Å². The van der Waals surface area contributed by atoms with Crippen molar-refractivity contribution in [1.82, 2.24) is 24.6 Å². The van der Waals surface area contributed by atoms with Crippen molar-refractivity contribution in [2.45, 2.75) is 19.1 Å². The minimum Gasteiger partial charge on any atom is -0.418 e. The summed E-state index contributed by atoms with van der Waals surface area (Å²) in [6.07, 6.45) is 1.77. The molecule has 2 aromatic heterocycles. The number of benzene rings is 1. The van der Waals surface area contributed by atoms with Crippen LogP contribution in [0.25, 0.3) is 22.5 Å². The van der Waals surface area contributed by atoms with Gasteiger partial charge >= 0.3 is 0 Å². The zero-order valence-corrected chi connectivity index (χ0v) is 13.4. The summed E-state index contributed by atoms with van der Waals surface area (Å²) >= 11 is 0. The van der Waals surface area contributed by atoms with Crippen LogP contribution in [0.2, 0.25) is 0 Å². The summed E-state index contributed by atoms with van der Waals surface area (Å²) in [6, 6.07) is 5.94.